The molecule has 3 rings (SSSR count). The van der Waals surface area contributed by atoms with E-state index in [1.54, 1.807) is 30.7 Å². The van der Waals surface area contributed by atoms with E-state index >= 15 is 0 Å². The van der Waals surface area contributed by atoms with Crippen LogP contribution in [0.5, 0.6) is 0 Å². The Morgan fingerprint density at radius 3 is 2.80 bits per heavy atom. The number of aliphatic hydroxyl groups is 1. The molecule has 6 nitrogen and oxygen atoms in total. The lowest BCUT2D eigenvalue weighted by atomic mass is 10.2. The molecule has 1 unspecified atom stereocenters. The van der Waals surface area contributed by atoms with Crippen LogP contribution >= 0.6 is 0 Å². The highest BCUT2D eigenvalue weighted by Gasteiger charge is 2.10. The fourth-order valence-electron chi connectivity index (χ4n) is 1.96. The predicted octanol–water partition coefficient (Wildman–Crippen LogP) is 1.35. The maximum atomic E-state index is 10.1. The molecule has 100 valence electrons. The number of H-pyrrole nitrogens is 1. The lowest BCUT2D eigenvalue weighted by Crippen LogP contribution is -2.16. The van der Waals surface area contributed by atoms with Crippen molar-refractivity contribution in [1.29, 1.82) is 0 Å². The van der Waals surface area contributed by atoms with E-state index in [2.05, 4.69) is 19.9 Å². The Balaban J connectivity index is 1.98. The van der Waals surface area contributed by atoms with Gasteiger partial charge in [0.25, 0.3) is 0 Å². The average Bonchev–Trinajstić information content (AvgIpc) is 2.96. The van der Waals surface area contributed by atoms with Crippen LogP contribution in [0.15, 0.2) is 53.9 Å². The zero-order valence-electron chi connectivity index (χ0n) is 10.6. The number of aliphatic imine (C=N–C) groups is 1. The second-order valence-electron chi connectivity index (χ2n) is 4.26. The van der Waals surface area contributed by atoms with E-state index in [4.69, 9.17) is 5.73 Å². The van der Waals surface area contributed by atoms with Gasteiger partial charge in [-0.05, 0) is 6.07 Å². The summed E-state index contributed by atoms with van der Waals surface area (Å²) in [6.45, 7) is 0. The zero-order valence-corrected chi connectivity index (χ0v) is 10.6. The number of aromatic amines is 1. The van der Waals surface area contributed by atoms with Crippen LogP contribution in [0.2, 0.25) is 0 Å². The molecule has 0 spiro atoms. The monoisotopic (exact) mass is 267 g/mol. The number of nitrogens with two attached hydrogens (primary N) is 1. The highest BCUT2D eigenvalue weighted by Crippen LogP contribution is 2.16. The smallest absolute Gasteiger partial charge is 0.178 e. The minimum Gasteiger partial charge on any atom is -0.383 e. The van der Waals surface area contributed by atoms with E-state index < -0.39 is 6.23 Å². The molecule has 2 heterocycles. The largest absolute Gasteiger partial charge is 0.383 e. The van der Waals surface area contributed by atoms with Crippen molar-refractivity contribution in [1.82, 2.24) is 15.0 Å². The number of nitrogens with one attached hydrogen (secondary N) is 1. The summed E-state index contributed by atoms with van der Waals surface area (Å²) in [5.74, 6) is 0.234. The maximum absolute atomic E-state index is 10.1. The van der Waals surface area contributed by atoms with Crippen LogP contribution in [0.4, 0.5) is 0 Å². The Bertz CT molecular complexity index is 750. The summed E-state index contributed by atoms with van der Waals surface area (Å²) in [7, 11) is 0. The van der Waals surface area contributed by atoms with Crippen molar-refractivity contribution >= 4 is 17.0 Å². The Kier molecular flexibility index (Phi) is 3.14. The molecule has 0 saturated heterocycles. The second-order valence-corrected chi connectivity index (χ2v) is 4.26. The third-order valence-electron chi connectivity index (χ3n) is 2.96. The van der Waals surface area contributed by atoms with Crippen LogP contribution < -0.4 is 5.73 Å². The Hall–Kier alpha value is -2.73. The number of nitrogens with zero attached hydrogens (tertiary/aromatic N) is 3. The molecule has 0 aliphatic rings. The minimum atomic E-state index is -0.998. The van der Waals surface area contributed by atoms with Gasteiger partial charge < -0.3 is 15.8 Å². The fourth-order valence-corrected chi connectivity index (χ4v) is 1.96. The van der Waals surface area contributed by atoms with Gasteiger partial charge in [-0.15, -0.1) is 0 Å². The SMILES string of the molecule is NC(=NC(O)c1ccccc1)c1ccnc2nc[nH]c12. The van der Waals surface area contributed by atoms with E-state index in [0.29, 0.717) is 22.3 Å². The van der Waals surface area contributed by atoms with Gasteiger partial charge in [-0.2, -0.15) is 0 Å². The first-order chi connectivity index (χ1) is 9.75. The lowest BCUT2D eigenvalue weighted by molar-refractivity contribution is 0.188. The summed E-state index contributed by atoms with van der Waals surface area (Å²) in [6.07, 6.45) is 2.15. The van der Waals surface area contributed by atoms with Crippen molar-refractivity contribution in [3.63, 3.8) is 0 Å². The number of amidine groups is 1. The molecule has 4 N–H and O–H groups in total. The summed E-state index contributed by atoms with van der Waals surface area (Å²) in [4.78, 5) is 15.3. The summed E-state index contributed by atoms with van der Waals surface area (Å²) < 4.78 is 0. The third-order valence-corrected chi connectivity index (χ3v) is 2.96. The standard InChI is InChI=1S/C14H13N5O/c15-12(19-14(20)9-4-2-1-3-5-9)10-6-7-16-13-11(10)17-8-18-13/h1-8,14,20H,(H2,15,19)(H,16,17,18). The number of aliphatic hydroxyl groups excluding tert-OH is 1. The molecule has 0 bridgehead atoms. The first-order valence-corrected chi connectivity index (χ1v) is 6.10. The van der Waals surface area contributed by atoms with Gasteiger partial charge in [-0.25, -0.2) is 15.0 Å². The minimum absolute atomic E-state index is 0.234. The second kappa shape index (κ2) is 5.10. The lowest BCUT2D eigenvalue weighted by Gasteiger charge is -2.08. The van der Waals surface area contributed by atoms with Gasteiger partial charge >= 0.3 is 0 Å². The normalized spacial score (nSPS) is 13.6. The van der Waals surface area contributed by atoms with Gasteiger partial charge in [0, 0.05) is 17.3 Å². The number of hydrogen-bond acceptors (Lipinski definition) is 4. The van der Waals surface area contributed by atoms with Crippen LogP contribution in [0.3, 0.4) is 0 Å². The van der Waals surface area contributed by atoms with E-state index in [9.17, 15) is 5.11 Å². The fraction of sp³-hybridized carbons (Fsp3) is 0.0714. The Morgan fingerprint density at radius 2 is 2.00 bits per heavy atom. The molecule has 1 atom stereocenters. The first-order valence-electron chi connectivity index (χ1n) is 6.10. The van der Waals surface area contributed by atoms with Crippen LogP contribution in [0, 0.1) is 0 Å². The summed E-state index contributed by atoms with van der Waals surface area (Å²) in [5.41, 5.74) is 8.59. The Morgan fingerprint density at radius 1 is 1.20 bits per heavy atom. The van der Waals surface area contributed by atoms with Crippen LogP contribution in [0.25, 0.3) is 11.2 Å². The molecule has 0 amide bonds. The summed E-state index contributed by atoms with van der Waals surface area (Å²) in [6, 6.07) is 10.9. The molecule has 2 aromatic heterocycles. The van der Waals surface area contributed by atoms with Crippen LogP contribution in [-0.2, 0) is 0 Å². The zero-order chi connectivity index (χ0) is 13.9. The van der Waals surface area contributed by atoms with Crippen molar-refractivity contribution in [2.45, 2.75) is 6.23 Å². The van der Waals surface area contributed by atoms with Crippen molar-refractivity contribution in [3.8, 4) is 0 Å². The van der Waals surface area contributed by atoms with Gasteiger partial charge in [-0.1, -0.05) is 30.3 Å². The average molecular weight is 267 g/mol. The number of hydrogen-bond donors (Lipinski definition) is 3. The van der Waals surface area contributed by atoms with Gasteiger partial charge in [0.05, 0.1) is 11.8 Å². The molecule has 0 aliphatic carbocycles. The molecule has 0 aliphatic heterocycles. The number of rotatable bonds is 3. The maximum Gasteiger partial charge on any atom is 0.178 e. The number of aromatic nitrogens is 3. The van der Waals surface area contributed by atoms with Gasteiger partial charge in [0.2, 0.25) is 0 Å². The predicted molar refractivity (Wildman–Crippen MR) is 76.0 cm³/mol. The van der Waals surface area contributed by atoms with Gasteiger partial charge in [-0.3, -0.25) is 0 Å². The van der Waals surface area contributed by atoms with Crippen molar-refractivity contribution < 1.29 is 5.11 Å². The van der Waals surface area contributed by atoms with Gasteiger partial charge in [0.1, 0.15) is 5.84 Å². The quantitative estimate of drug-likeness (QED) is 0.492. The first kappa shape index (κ1) is 12.3. The highest BCUT2D eigenvalue weighted by atomic mass is 16.3. The molecule has 0 radical (unpaired) electrons. The molecule has 20 heavy (non-hydrogen) atoms. The van der Waals surface area contributed by atoms with Gasteiger partial charge in [0.15, 0.2) is 11.9 Å². The van der Waals surface area contributed by atoms with Crippen LogP contribution in [-0.4, -0.2) is 25.9 Å². The molecular weight excluding hydrogens is 254 g/mol. The number of fused-ring (bicyclic) bond motifs is 1. The number of pyridine rings is 1. The van der Waals surface area contributed by atoms with E-state index in [1.807, 2.05) is 18.2 Å². The molecule has 6 heteroatoms. The highest BCUT2D eigenvalue weighted by molar-refractivity contribution is 6.06. The molecule has 0 saturated carbocycles. The number of benzene rings is 1. The van der Waals surface area contributed by atoms with Crippen LogP contribution in [0.1, 0.15) is 17.4 Å². The van der Waals surface area contributed by atoms with Crippen molar-refractivity contribution in [2.75, 3.05) is 0 Å². The third kappa shape index (κ3) is 2.24. The van der Waals surface area contributed by atoms with E-state index in [1.165, 1.54) is 0 Å². The van der Waals surface area contributed by atoms with Crippen molar-refractivity contribution in [3.05, 3.63) is 60.0 Å². The molecule has 3 aromatic rings. The Labute approximate surface area is 115 Å². The van der Waals surface area contributed by atoms with E-state index in [-0.39, 0.29) is 5.84 Å². The van der Waals surface area contributed by atoms with Crippen molar-refractivity contribution in [2.24, 2.45) is 10.7 Å². The molecule has 1 aromatic carbocycles. The number of imidazole rings is 1. The van der Waals surface area contributed by atoms with E-state index in [0.717, 1.165) is 0 Å². The summed E-state index contributed by atoms with van der Waals surface area (Å²) >= 11 is 0. The topological polar surface area (TPSA) is 100 Å². The summed E-state index contributed by atoms with van der Waals surface area (Å²) in [5, 5.41) is 10.1. The molecular formula is C14H13N5O. The molecule has 0 fully saturated rings.